The average Bonchev–Trinajstić information content (AvgIpc) is 2.82. The summed E-state index contributed by atoms with van der Waals surface area (Å²) in [5.41, 5.74) is 4.74. The van der Waals surface area contributed by atoms with Gasteiger partial charge < -0.3 is 0 Å². The van der Waals surface area contributed by atoms with Crippen molar-refractivity contribution < 1.29 is 0 Å². The van der Waals surface area contributed by atoms with Gasteiger partial charge in [-0.2, -0.15) is 0 Å². The second-order valence-electron chi connectivity index (χ2n) is 4.18. The molecule has 0 saturated heterocycles. The predicted octanol–water partition coefficient (Wildman–Crippen LogP) is 3.40. The number of nitrogens with two attached hydrogens (primary N) is 1. The zero-order chi connectivity index (χ0) is 11.6. The first-order chi connectivity index (χ1) is 7.88. The Morgan fingerprint density at radius 3 is 2.69 bits per heavy atom. The van der Waals surface area contributed by atoms with Crippen molar-refractivity contribution >= 4 is 11.3 Å². The van der Waals surface area contributed by atoms with Crippen molar-refractivity contribution in [1.82, 2.24) is 10.4 Å². The molecule has 0 amide bonds. The van der Waals surface area contributed by atoms with Gasteiger partial charge in [-0.3, -0.25) is 16.3 Å². The van der Waals surface area contributed by atoms with Gasteiger partial charge in [-0.25, -0.2) is 0 Å². The zero-order valence-corrected chi connectivity index (χ0v) is 10.9. The molecule has 1 atom stereocenters. The number of aromatic nitrogens is 1. The molecule has 3 N–H and O–H groups in total. The Morgan fingerprint density at radius 2 is 2.06 bits per heavy atom. The third-order valence-electron chi connectivity index (χ3n) is 2.84. The molecule has 3 nitrogen and oxygen atoms in total. The summed E-state index contributed by atoms with van der Waals surface area (Å²) >= 11 is 1.67. The van der Waals surface area contributed by atoms with Gasteiger partial charge in [0.15, 0.2) is 0 Å². The first kappa shape index (κ1) is 13.6. The van der Waals surface area contributed by atoms with Gasteiger partial charge in [0.25, 0.3) is 0 Å². The van der Waals surface area contributed by atoms with E-state index in [1.807, 2.05) is 11.7 Å². The molecular weight excluding hydrogens is 218 g/mol. The summed E-state index contributed by atoms with van der Waals surface area (Å²) in [5, 5.41) is 0. The van der Waals surface area contributed by atoms with E-state index >= 15 is 0 Å². The lowest BCUT2D eigenvalue weighted by molar-refractivity contribution is 0.482. The molecule has 4 heteroatoms. The van der Waals surface area contributed by atoms with E-state index in [1.165, 1.54) is 43.4 Å². The van der Waals surface area contributed by atoms with Gasteiger partial charge in [0.1, 0.15) is 0 Å². The van der Waals surface area contributed by atoms with E-state index in [1.54, 1.807) is 11.3 Å². The minimum Gasteiger partial charge on any atom is -0.271 e. The van der Waals surface area contributed by atoms with Crippen LogP contribution in [0.1, 0.15) is 62.8 Å². The van der Waals surface area contributed by atoms with Crippen molar-refractivity contribution in [2.75, 3.05) is 0 Å². The zero-order valence-electron chi connectivity index (χ0n) is 10.1. The van der Waals surface area contributed by atoms with Crippen LogP contribution in [0.3, 0.4) is 0 Å². The van der Waals surface area contributed by atoms with Gasteiger partial charge in [0.05, 0.1) is 11.6 Å². The van der Waals surface area contributed by atoms with Crippen molar-refractivity contribution in [3.63, 3.8) is 0 Å². The van der Waals surface area contributed by atoms with E-state index in [0.29, 0.717) is 6.04 Å². The van der Waals surface area contributed by atoms with Crippen molar-refractivity contribution in [3.8, 4) is 0 Å². The molecule has 0 aromatic carbocycles. The highest BCUT2D eigenvalue weighted by Gasteiger charge is 2.10. The van der Waals surface area contributed by atoms with Crippen LogP contribution in [0.4, 0.5) is 0 Å². The first-order valence-corrected chi connectivity index (χ1v) is 7.11. The lowest BCUT2D eigenvalue weighted by Crippen LogP contribution is -2.27. The van der Waals surface area contributed by atoms with Crippen molar-refractivity contribution in [2.45, 2.75) is 57.9 Å². The third-order valence-corrected chi connectivity index (χ3v) is 3.73. The average molecular weight is 241 g/mol. The van der Waals surface area contributed by atoms with Crippen LogP contribution >= 0.6 is 11.3 Å². The maximum atomic E-state index is 5.56. The summed E-state index contributed by atoms with van der Waals surface area (Å²) in [6.07, 6.45) is 11.0. The predicted molar refractivity (Wildman–Crippen MR) is 70.2 cm³/mol. The van der Waals surface area contributed by atoms with E-state index in [9.17, 15) is 0 Å². The van der Waals surface area contributed by atoms with E-state index < -0.39 is 0 Å². The molecule has 0 bridgehead atoms. The largest absolute Gasteiger partial charge is 0.271 e. The maximum Gasteiger partial charge on any atom is 0.0794 e. The van der Waals surface area contributed by atoms with Crippen molar-refractivity contribution in [2.24, 2.45) is 5.84 Å². The monoisotopic (exact) mass is 241 g/mol. The molecule has 92 valence electrons. The quantitative estimate of drug-likeness (QED) is 0.396. The summed E-state index contributed by atoms with van der Waals surface area (Å²) in [4.78, 5) is 5.33. The SMILES string of the molecule is CCCCCCCCC(NN)c1cncs1. The summed E-state index contributed by atoms with van der Waals surface area (Å²) in [5.74, 6) is 5.56. The van der Waals surface area contributed by atoms with Crippen LogP contribution in [-0.4, -0.2) is 4.98 Å². The lowest BCUT2D eigenvalue weighted by atomic mass is 10.1. The second-order valence-corrected chi connectivity index (χ2v) is 5.10. The summed E-state index contributed by atoms with van der Waals surface area (Å²) < 4.78 is 0. The lowest BCUT2D eigenvalue weighted by Gasteiger charge is -2.13. The molecule has 0 aliphatic carbocycles. The highest BCUT2D eigenvalue weighted by molar-refractivity contribution is 7.09. The Bertz CT molecular complexity index is 249. The molecule has 1 aromatic rings. The summed E-state index contributed by atoms with van der Waals surface area (Å²) in [6.45, 7) is 2.25. The standard InChI is InChI=1S/C12H23N3S/c1-2-3-4-5-6-7-8-11(15-13)12-9-14-10-16-12/h9-11,15H,2-8,13H2,1H3. The Morgan fingerprint density at radius 1 is 1.31 bits per heavy atom. The van der Waals surface area contributed by atoms with Crippen LogP contribution in [-0.2, 0) is 0 Å². The number of rotatable bonds is 9. The minimum absolute atomic E-state index is 0.290. The number of hydrogen-bond donors (Lipinski definition) is 2. The number of nitrogens with one attached hydrogen (secondary N) is 1. The summed E-state index contributed by atoms with van der Waals surface area (Å²) in [7, 11) is 0. The van der Waals surface area contributed by atoms with Crippen LogP contribution in [0, 0.1) is 0 Å². The van der Waals surface area contributed by atoms with Crippen molar-refractivity contribution in [1.29, 1.82) is 0 Å². The Kier molecular flexibility index (Phi) is 7.38. The van der Waals surface area contributed by atoms with E-state index in [2.05, 4.69) is 17.3 Å². The van der Waals surface area contributed by atoms with Crippen LogP contribution in [0.25, 0.3) is 0 Å². The van der Waals surface area contributed by atoms with Gasteiger partial charge in [0, 0.05) is 11.1 Å². The summed E-state index contributed by atoms with van der Waals surface area (Å²) in [6, 6.07) is 0.290. The fraction of sp³-hybridized carbons (Fsp3) is 0.750. The Labute approximate surface area is 102 Å². The van der Waals surface area contributed by atoms with Gasteiger partial charge >= 0.3 is 0 Å². The normalized spacial score (nSPS) is 12.9. The van der Waals surface area contributed by atoms with Crippen LogP contribution in [0.5, 0.6) is 0 Å². The molecule has 0 spiro atoms. The third kappa shape index (κ3) is 5.05. The molecule has 0 saturated carbocycles. The minimum atomic E-state index is 0.290. The first-order valence-electron chi connectivity index (χ1n) is 6.23. The van der Waals surface area contributed by atoms with Gasteiger partial charge in [-0.1, -0.05) is 45.4 Å². The number of hydrogen-bond acceptors (Lipinski definition) is 4. The van der Waals surface area contributed by atoms with Gasteiger partial charge in [-0.05, 0) is 6.42 Å². The molecule has 0 aliphatic rings. The molecule has 0 aliphatic heterocycles. The maximum absolute atomic E-state index is 5.56. The van der Waals surface area contributed by atoms with Gasteiger partial charge in [-0.15, -0.1) is 11.3 Å². The van der Waals surface area contributed by atoms with E-state index in [-0.39, 0.29) is 0 Å². The Hall–Kier alpha value is -0.450. The topological polar surface area (TPSA) is 50.9 Å². The van der Waals surface area contributed by atoms with Crippen molar-refractivity contribution in [3.05, 3.63) is 16.6 Å². The molecular formula is C12H23N3S. The number of nitrogens with zero attached hydrogens (tertiary/aromatic N) is 1. The molecule has 0 fully saturated rings. The second kappa shape index (κ2) is 8.67. The number of thiazole rings is 1. The fourth-order valence-corrected chi connectivity index (χ4v) is 2.55. The highest BCUT2D eigenvalue weighted by atomic mass is 32.1. The Balaban J connectivity index is 2.11. The number of hydrazine groups is 1. The molecule has 0 radical (unpaired) electrons. The van der Waals surface area contributed by atoms with Crippen LogP contribution in [0.15, 0.2) is 11.7 Å². The molecule has 1 heterocycles. The van der Waals surface area contributed by atoms with E-state index in [4.69, 9.17) is 5.84 Å². The van der Waals surface area contributed by atoms with Crippen LogP contribution < -0.4 is 11.3 Å². The smallest absolute Gasteiger partial charge is 0.0794 e. The molecule has 1 unspecified atom stereocenters. The van der Waals surface area contributed by atoms with Crippen LogP contribution in [0.2, 0.25) is 0 Å². The van der Waals surface area contributed by atoms with E-state index in [0.717, 1.165) is 6.42 Å². The molecule has 1 aromatic heterocycles. The molecule has 1 rings (SSSR count). The highest BCUT2D eigenvalue weighted by Crippen LogP contribution is 2.22. The number of unbranched alkanes of at least 4 members (excludes halogenated alkanes) is 5. The van der Waals surface area contributed by atoms with Gasteiger partial charge in [0.2, 0.25) is 0 Å². The fourth-order valence-electron chi connectivity index (χ4n) is 1.83. The molecule has 16 heavy (non-hydrogen) atoms.